The Morgan fingerprint density at radius 2 is 2.06 bits per heavy atom. The smallest absolute Gasteiger partial charge is 0.267 e. The Morgan fingerprint density at radius 3 is 2.61 bits per heavy atom. The Balaban J connectivity index is 2.56. The first-order chi connectivity index (χ1) is 8.28. The number of nitrogens with two attached hydrogens (primary N) is 1. The summed E-state index contributed by atoms with van der Waals surface area (Å²) in [6.45, 7) is 5.84. The molecule has 0 unspecified atom stereocenters. The van der Waals surface area contributed by atoms with Crippen molar-refractivity contribution in [2.45, 2.75) is 26.3 Å². The van der Waals surface area contributed by atoms with Gasteiger partial charge in [0, 0.05) is 17.4 Å². The summed E-state index contributed by atoms with van der Waals surface area (Å²) in [5.74, 6) is -0.724. The van der Waals surface area contributed by atoms with Crippen molar-refractivity contribution in [1.82, 2.24) is 10.3 Å². The van der Waals surface area contributed by atoms with Gasteiger partial charge in [-0.2, -0.15) is 0 Å². The minimum Gasteiger partial charge on any atom is -0.376 e. The summed E-state index contributed by atoms with van der Waals surface area (Å²) in [5, 5.41) is 5.72. The van der Waals surface area contributed by atoms with Gasteiger partial charge in [0.05, 0.1) is 6.54 Å². The molecule has 0 saturated carbocycles. The van der Waals surface area contributed by atoms with Crippen LogP contribution in [0.15, 0.2) is 18.3 Å². The van der Waals surface area contributed by atoms with E-state index in [2.05, 4.69) is 15.6 Å². The number of carbonyl (C=O) groups excluding carboxylic acids is 2. The molecule has 1 aromatic heterocycles. The number of rotatable bonds is 4. The largest absolute Gasteiger partial charge is 0.376 e. The highest BCUT2D eigenvalue weighted by molar-refractivity contribution is 5.91. The maximum atomic E-state index is 11.6. The highest BCUT2D eigenvalue weighted by Crippen LogP contribution is 2.07. The Hall–Kier alpha value is -2.11. The molecule has 0 aliphatic heterocycles. The van der Waals surface area contributed by atoms with Crippen LogP contribution in [0.25, 0.3) is 0 Å². The number of aromatic nitrogens is 1. The SMILES string of the molecule is CC(C)(C)NC(=O)CNc1ccnc(C(N)=O)c1. The molecule has 1 rings (SSSR count). The van der Waals surface area contributed by atoms with Crippen molar-refractivity contribution in [2.24, 2.45) is 5.73 Å². The van der Waals surface area contributed by atoms with E-state index in [0.29, 0.717) is 5.69 Å². The summed E-state index contributed by atoms with van der Waals surface area (Å²) in [6, 6.07) is 3.17. The maximum Gasteiger partial charge on any atom is 0.267 e. The molecular formula is C12H18N4O2. The van der Waals surface area contributed by atoms with Gasteiger partial charge in [0.15, 0.2) is 0 Å². The molecule has 0 atom stereocenters. The molecule has 0 aliphatic rings. The number of primary amides is 1. The number of nitrogens with one attached hydrogen (secondary N) is 2. The second-order valence-corrected chi connectivity index (χ2v) is 4.95. The van der Waals surface area contributed by atoms with Crippen molar-refractivity contribution in [3.8, 4) is 0 Å². The van der Waals surface area contributed by atoms with Crippen LogP contribution < -0.4 is 16.4 Å². The maximum absolute atomic E-state index is 11.6. The van der Waals surface area contributed by atoms with Gasteiger partial charge in [0.25, 0.3) is 5.91 Å². The van der Waals surface area contributed by atoms with Gasteiger partial charge in [-0.25, -0.2) is 0 Å². The Bertz CT molecular complexity index is 452. The molecule has 0 aromatic carbocycles. The number of amides is 2. The molecule has 18 heavy (non-hydrogen) atoms. The quantitative estimate of drug-likeness (QED) is 0.725. The zero-order valence-corrected chi connectivity index (χ0v) is 10.8. The summed E-state index contributed by atoms with van der Waals surface area (Å²) in [7, 11) is 0. The van der Waals surface area contributed by atoms with Crippen molar-refractivity contribution in [3.63, 3.8) is 0 Å². The fraction of sp³-hybridized carbons (Fsp3) is 0.417. The zero-order valence-electron chi connectivity index (χ0n) is 10.8. The van der Waals surface area contributed by atoms with Gasteiger partial charge in [-0.3, -0.25) is 14.6 Å². The monoisotopic (exact) mass is 250 g/mol. The van der Waals surface area contributed by atoms with E-state index in [1.54, 1.807) is 6.07 Å². The van der Waals surface area contributed by atoms with E-state index < -0.39 is 5.91 Å². The number of hydrogen-bond donors (Lipinski definition) is 3. The van der Waals surface area contributed by atoms with Crippen LogP contribution >= 0.6 is 0 Å². The highest BCUT2D eigenvalue weighted by Gasteiger charge is 2.13. The van der Waals surface area contributed by atoms with E-state index in [1.807, 2.05) is 20.8 Å². The first-order valence-corrected chi connectivity index (χ1v) is 5.59. The van der Waals surface area contributed by atoms with Crippen LogP contribution in [0.2, 0.25) is 0 Å². The zero-order chi connectivity index (χ0) is 13.8. The lowest BCUT2D eigenvalue weighted by atomic mass is 10.1. The van der Waals surface area contributed by atoms with E-state index in [9.17, 15) is 9.59 Å². The van der Waals surface area contributed by atoms with Crippen LogP contribution in [0, 0.1) is 0 Å². The van der Waals surface area contributed by atoms with Gasteiger partial charge in [0.1, 0.15) is 5.69 Å². The average molecular weight is 250 g/mol. The van der Waals surface area contributed by atoms with Crippen molar-refractivity contribution in [2.75, 3.05) is 11.9 Å². The molecule has 0 aliphatic carbocycles. The van der Waals surface area contributed by atoms with E-state index in [1.165, 1.54) is 12.3 Å². The number of anilines is 1. The van der Waals surface area contributed by atoms with E-state index in [4.69, 9.17) is 5.73 Å². The van der Waals surface area contributed by atoms with Crippen LogP contribution in [0.4, 0.5) is 5.69 Å². The molecule has 6 nitrogen and oxygen atoms in total. The lowest BCUT2D eigenvalue weighted by Gasteiger charge is -2.20. The molecular weight excluding hydrogens is 232 g/mol. The first-order valence-electron chi connectivity index (χ1n) is 5.59. The third-order valence-electron chi connectivity index (χ3n) is 1.98. The standard InChI is InChI=1S/C12H18N4O2/c1-12(2,3)16-10(17)7-15-8-4-5-14-9(6-8)11(13)18/h4-6H,7H2,1-3H3,(H2,13,18)(H,14,15)(H,16,17). The molecule has 0 spiro atoms. The fourth-order valence-corrected chi connectivity index (χ4v) is 1.32. The second kappa shape index (κ2) is 5.48. The summed E-state index contributed by atoms with van der Waals surface area (Å²) in [5.41, 5.74) is 5.64. The van der Waals surface area contributed by atoms with Crippen LogP contribution in [-0.4, -0.2) is 28.9 Å². The molecule has 6 heteroatoms. The lowest BCUT2D eigenvalue weighted by Crippen LogP contribution is -2.43. The van der Waals surface area contributed by atoms with E-state index in [0.717, 1.165) is 0 Å². The summed E-state index contributed by atoms with van der Waals surface area (Å²) >= 11 is 0. The molecule has 4 N–H and O–H groups in total. The van der Waals surface area contributed by atoms with Gasteiger partial charge in [0.2, 0.25) is 5.91 Å². The third-order valence-corrected chi connectivity index (χ3v) is 1.98. The predicted octanol–water partition coefficient (Wildman–Crippen LogP) is 0.507. The van der Waals surface area contributed by atoms with E-state index in [-0.39, 0.29) is 23.7 Å². The van der Waals surface area contributed by atoms with Crippen LogP contribution in [0.1, 0.15) is 31.3 Å². The van der Waals surface area contributed by atoms with Gasteiger partial charge < -0.3 is 16.4 Å². The van der Waals surface area contributed by atoms with Gasteiger partial charge in [-0.05, 0) is 32.9 Å². The normalized spacial score (nSPS) is 10.8. The first kappa shape index (κ1) is 14.0. The number of carbonyl (C=O) groups is 2. The Kier molecular flexibility index (Phi) is 4.25. The lowest BCUT2D eigenvalue weighted by molar-refractivity contribution is -0.120. The van der Waals surface area contributed by atoms with Crippen molar-refractivity contribution >= 4 is 17.5 Å². The topological polar surface area (TPSA) is 97.1 Å². The Morgan fingerprint density at radius 1 is 1.39 bits per heavy atom. The minimum absolute atomic E-state index is 0.124. The number of nitrogens with zero attached hydrogens (tertiary/aromatic N) is 1. The summed E-state index contributed by atoms with van der Waals surface area (Å²) in [6.07, 6.45) is 1.46. The van der Waals surface area contributed by atoms with Crippen LogP contribution in [0.5, 0.6) is 0 Å². The molecule has 0 radical (unpaired) electrons. The highest BCUT2D eigenvalue weighted by atomic mass is 16.2. The second-order valence-electron chi connectivity index (χ2n) is 4.95. The molecule has 0 fully saturated rings. The molecule has 98 valence electrons. The van der Waals surface area contributed by atoms with Crippen molar-refractivity contribution in [1.29, 1.82) is 0 Å². The van der Waals surface area contributed by atoms with Crippen molar-refractivity contribution in [3.05, 3.63) is 24.0 Å². The Labute approximate surface area is 106 Å². The van der Waals surface area contributed by atoms with Crippen molar-refractivity contribution < 1.29 is 9.59 Å². The molecule has 0 saturated heterocycles. The van der Waals surface area contributed by atoms with Crippen LogP contribution in [0.3, 0.4) is 0 Å². The molecule has 1 aromatic rings. The molecule has 0 bridgehead atoms. The molecule has 1 heterocycles. The fourth-order valence-electron chi connectivity index (χ4n) is 1.32. The minimum atomic E-state index is -0.599. The van der Waals surface area contributed by atoms with Gasteiger partial charge in [-0.1, -0.05) is 0 Å². The third kappa shape index (κ3) is 4.82. The average Bonchev–Trinajstić information content (AvgIpc) is 2.24. The van der Waals surface area contributed by atoms with Crippen LogP contribution in [-0.2, 0) is 4.79 Å². The number of hydrogen-bond acceptors (Lipinski definition) is 4. The van der Waals surface area contributed by atoms with Gasteiger partial charge in [-0.15, -0.1) is 0 Å². The summed E-state index contributed by atoms with van der Waals surface area (Å²) < 4.78 is 0. The van der Waals surface area contributed by atoms with Gasteiger partial charge >= 0.3 is 0 Å². The molecule has 2 amide bonds. The summed E-state index contributed by atoms with van der Waals surface area (Å²) in [4.78, 5) is 26.3. The number of pyridine rings is 1. The predicted molar refractivity (Wildman–Crippen MR) is 69.1 cm³/mol. The van der Waals surface area contributed by atoms with E-state index >= 15 is 0 Å².